The van der Waals surface area contributed by atoms with Crippen LogP contribution in [0.4, 0.5) is 4.39 Å². The first-order valence-electron chi connectivity index (χ1n) is 6.72. The van der Waals surface area contributed by atoms with Crippen LogP contribution in [0.2, 0.25) is 0 Å². The van der Waals surface area contributed by atoms with E-state index >= 15 is 0 Å². The summed E-state index contributed by atoms with van der Waals surface area (Å²) in [5, 5.41) is 7.59. The second-order valence-corrected chi connectivity index (χ2v) is 5.98. The normalized spacial score (nSPS) is 12.7. The Kier molecular flexibility index (Phi) is 5.00. The molecule has 114 valence electrons. The molecule has 1 aromatic heterocycles. The van der Waals surface area contributed by atoms with E-state index in [1.165, 1.54) is 12.1 Å². The second kappa shape index (κ2) is 6.58. The van der Waals surface area contributed by atoms with Crippen LogP contribution in [0.1, 0.15) is 37.2 Å². The molecule has 0 fully saturated rings. The number of nitrogens with one attached hydrogen (secondary N) is 1. The molecule has 2 rings (SSSR count). The molecule has 0 aliphatic heterocycles. The van der Waals surface area contributed by atoms with Crippen LogP contribution < -0.4 is 10.1 Å². The maximum absolute atomic E-state index is 13.7. The fourth-order valence-electron chi connectivity index (χ4n) is 2.40. The van der Waals surface area contributed by atoms with Gasteiger partial charge in [-0.2, -0.15) is 5.10 Å². The minimum atomic E-state index is -0.283. The smallest absolute Gasteiger partial charge is 0.161 e. The number of halogens is 2. The zero-order valence-electron chi connectivity index (χ0n) is 12.5. The van der Waals surface area contributed by atoms with Gasteiger partial charge in [0.15, 0.2) is 5.75 Å². The van der Waals surface area contributed by atoms with Crippen molar-refractivity contribution in [2.75, 3.05) is 14.2 Å². The van der Waals surface area contributed by atoms with E-state index in [2.05, 4.69) is 26.3 Å². The summed E-state index contributed by atoms with van der Waals surface area (Å²) in [6, 6.07) is 4.81. The molecule has 0 saturated carbocycles. The molecule has 6 heteroatoms. The number of aromatic nitrogens is 2. The van der Waals surface area contributed by atoms with Gasteiger partial charge in [-0.15, -0.1) is 0 Å². The van der Waals surface area contributed by atoms with E-state index in [1.807, 2.05) is 31.6 Å². The van der Waals surface area contributed by atoms with Gasteiger partial charge in [0.25, 0.3) is 0 Å². The quantitative estimate of drug-likeness (QED) is 0.888. The van der Waals surface area contributed by atoms with Crippen molar-refractivity contribution in [3.05, 3.63) is 45.9 Å². The minimum absolute atomic E-state index is 0.178. The van der Waals surface area contributed by atoms with Crippen molar-refractivity contribution < 1.29 is 9.13 Å². The Morgan fingerprint density at radius 1 is 1.33 bits per heavy atom. The first kappa shape index (κ1) is 16.0. The Bertz CT molecular complexity index is 607. The lowest BCUT2D eigenvalue weighted by Crippen LogP contribution is -2.23. The van der Waals surface area contributed by atoms with Gasteiger partial charge < -0.3 is 10.1 Å². The molecule has 0 amide bonds. The molecule has 2 aromatic rings. The van der Waals surface area contributed by atoms with Gasteiger partial charge >= 0.3 is 0 Å². The molecule has 0 spiro atoms. The predicted octanol–water partition coefficient (Wildman–Crippen LogP) is 3.68. The van der Waals surface area contributed by atoms with Crippen molar-refractivity contribution >= 4 is 15.9 Å². The van der Waals surface area contributed by atoms with Gasteiger partial charge in [0.2, 0.25) is 0 Å². The molecule has 0 aliphatic carbocycles. The SMILES string of the molecule is CNC(c1cc(F)cc(Br)c1)c1c(OC)cnn1C(C)C. The maximum atomic E-state index is 13.7. The lowest BCUT2D eigenvalue weighted by molar-refractivity contribution is 0.396. The van der Waals surface area contributed by atoms with Gasteiger partial charge in [0, 0.05) is 10.5 Å². The summed E-state index contributed by atoms with van der Waals surface area (Å²) in [4.78, 5) is 0. The van der Waals surface area contributed by atoms with Crippen LogP contribution in [0.3, 0.4) is 0 Å². The lowest BCUT2D eigenvalue weighted by Gasteiger charge is -2.21. The third kappa shape index (κ3) is 3.27. The Labute approximate surface area is 132 Å². The summed E-state index contributed by atoms with van der Waals surface area (Å²) in [6.45, 7) is 4.09. The Morgan fingerprint density at radius 2 is 2.05 bits per heavy atom. The van der Waals surface area contributed by atoms with E-state index in [-0.39, 0.29) is 17.9 Å². The highest BCUT2D eigenvalue weighted by Crippen LogP contribution is 2.33. The van der Waals surface area contributed by atoms with Crippen molar-refractivity contribution in [3.63, 3.8) is 0 Å². The Morgan fingerprint density at radius 3 is 2.57 bits per heavy atom. The van der Waals surface area contributed by atoms with Crippen LogP contribution in [-0.2, 0) is 0 Å². The van der Waals surface area contributed by atoms with Crippen LogP contribution in [0.15, 0.2) is 28.9 Å². The number of ether oxygens (including phenoxy) is 1. The molecule has 0 saturated heterocycles. The van der Waals surface area contributed by atoms with Crippen molar-refractivity contribution in [3.8, 4) is 5.75 Å². The van der Waals surface area contributed by atoms with Crippen LogP contribution in [0.5, 0.6) is 5.75 Å². The average molecular weight is 356 g/mol. The van der Waals surface area contributed by atoms with Crippen molar-refractivity contribution in [1.82, 2.24) is 15.1 Å². The van der Waals surface area contributed by atoms with Crippen LogP contribution in [0.25, 0.3) is 0 Å². The van der Waals surface area contributed by atoms with Crippen molar-refractivity contribution in [1.29, 1.82) is 0 Å². The molecule has 0 aliphatic rings. The Hall–Kier alpha value is -1.40. The van der Waals surface area contributed by atoms with E-state index < -0.39 is 0 Å². The number of benzene rings is 1. The standard InChI is InChI=1S/C15H19BrFN3O/c1-9(2)20-15(13(21-4)8-19-20)14(18-3)10-5-11(16)7-12(17)6-10/h5-9,14,18H,1-4H3. The molecule has 0 bridgehead atoms. The molecule has 1 unspecified atom stereocenters. The Balaban J connectivity index is 2.57. The van der Waals surface area contributed by atoms with E-state index in [9.17, 15) is 4.39 Å². The van der Waals surface area contributed by atoms with Gasteiger partial charge in [-0.1, -0.05) is 15.9 Å². The minimum Gasteiger partial charge on any atom is -0.493 e. The molecule has 1 heterocycles. The first-order valence-corrected chi connectivity index (χ1v) is 7.51. The zero-order valence-corrected chi connectivity index (χ0v) is 14.1. The summed E-state index contributed by atoms with van der Waals surface area (Å²) in [5.41, 5.74) is 1.69. The molecule has 4 nitrogen and oxygen atoms in total. The second-order valence-electron chi connectivity index (χ2n) is 5.06. The summed E-state index contributed by atoms with van der Waals surface area (Å²) in [5.74, 6) is 0.401. The van der Waals surface area contributed by atoms with E-state index in [4.69, 9.17) is 4.74 Å². The first-order chi connectivity index (χ1) is 9.97. The van der Waals surface area contributed by atoms with Crippen LogP contribution in [-0.4, -0.2) is 23.9 Å². The largest absolute Gasteiger partial charge is 0.493 e. The molecule has 21 heavy (non-hydrogen) atoms. The topological polar surface area (TPSA) is 39.1 Å². The summed E-state index contributed by atoms with van der Waals surface area (Å²) < 4.78 is 21.7. The monoisotopic (exact) mass is 355 g/mol. The fraction of sp³-hybridized carbons (Fsp3) is 0.400. The average Bonchev–Trinajstić information content (AvgIpc) is 2.82. The molecule has 1 N–H and O–H groups in total. The number of methoxy groups -OCH3 is 1. The van der Waals surface area contributed by atoms with E-state index in [1.54, 1.807) is 13.3 Å². The van der Waals surface area contributed by atoms with Crippen LogP contribution >= 0.6 is 15.9 Å². The van der Waals surface area contributed by atoms with Crippen molar-refractivity contribution in [2.45, 2.75) is 25.9 Å². The molecular formula is C15H19BrFN3O. The number of hydrogen-bond donors (Lipinski definition) is 1. The third-order valence-corrected chi connectivity index (χ3v) is 3.75. The maximum Gasteiger partial charge on any atom is 0.161 e. The molecule has 1 aromatic carbocycles. The number of hydrogen-bond acceptors (Lipinski definition) is 3. The zero-order chi connectivity index (χ0) is 15.6. The van der Waals surface area contributed by atoms with E-state index in [0.717, 1.165) is 11.3 Å². The third-order valence-electron chi connectivity index (χ3n) is 3.29. The van der Waals surface area contributed by atoms with Gasteiger partial charge in [-0.25, -0.2) is 4.39 Å². The summed E-state index contributed by atoms with van der Waals surface area (Å²) >= 11 is 3.34. The van der Waals surface area contributed by atoms with E-state index in [0.29, 0.717) is 10.2 Å². The highest BCUT2D eigenvalue weighted by Gasteiger charge is 2.24. The van der Waals surface area contributed by atoms with Crippen LogP contribution in [0, 0.1) is 5.82 Å². The van der Waals surface area contributed by atoms with Gasteiger partial charge in [0.1, 0.15) is 11.5 Å². The summed E-state index contributed by atoms with van der Waals surface area (Å²) in [6.07, 6.45) is 1.69. The fourth-order valence-corrected chi connectivity index (χ4v) is 2.89. The summed E-state index contributed by atoms with van der Waals surface area (Å²) in [7, 11) is 3.44. The predicted molar refractivity (Wildman–Crippen MR) is 84.2 cm³/mol. The highest BCUT2D eigenvalue weighted by atomic mass is 79.9. The van der Waals surface area contributed by atoms with Gasteiger partial charge in [-0.3, -0.25) is 4.68 Å². The van der Waals surface area contributed by atoms with Gasteiger partial charge in [-0.05, 0) is 44.7 Å². The lowest BCUT2D eigenvalue weighted by atomic mass is 10.0. The molecule has 0 radical (unpaired) electrons. The molecular weight excluding hydrogens is 337 g/mol. The van der Waals surface area contributed by atoms with Crippen molar-refractivity contribution in [2.24, 2.45) is 0 Å². The van der Waals surface area contributed by atoms with Gasteiger partial charge in [0.05, 0.1) is 19.3 Å². The number of nitrogens with zero attached hydrogens (tertiary/aromatic N) is 2. The molecule has 1 atom stereocenters. The highest BCUT2D eigenvalue weighted by molar-refractivity contribution is 9.10. The number of rotatable bonds is 5.